The van der Waals surface area contributed by atoms with E-state index in [1.165, 1.54) is 12.4 Å². The molecule has 0 aliphatic heterocycles. The predicted octanol–water partition coefficient (Wildman–Crippen LogP) is -0.335. The van der Waals surface area contributed by atoms with Gasteiger partial charge < -0.3 is 10.1 Å². The van der Waals surface area contributed by atoms with E-state index in [9.17, 15) is 8.42 Å². The summed E-state index contributed by atoms with van der Waals surface area (Å²) in [5.74, 6) is 0.503. The third-order valence-corrected chi connectivity index (χ3v) is 3.93. The lowest BCUT2D eigenvalue weighted by Gasteiger charge is -2.11. The fourth-order valence-electron chi connectivity index (χ4n) is 1.51. The molecule has 0 radical (unpaired) electrons. The number of aliphatic hydroxyl groups excluding tert-OH is 1. The summed E-state index contributed by atoms with van der Waals surface area (Å²) in [6.07, 6.45) is 4.41. The Kier molecular flexibility index (Phi) is 3.45. The average Bonchev–Trinajstić information content (AvgIpc) is 2.99. The van der Waals surface area contributed by atoms with Gasteiger partial charge in [-0.2, -0.15) is 9.82 Å². The highest BCUT2D eigenvalue weighted by atomic mass is 32.2. The second kappa shape index (κ2) is 4.88. The number of H-pyrrole nitrogens is 2. The topological polar surface area (TPSA) is 124 Å². The van der Waals surface area contributed by atoms with Gasteiger partial charge in [0.05, 0.1) is 18.8 Å². The minimum atomic E-state index is -3.77. The van der Waals surface area contributed by atoms with E-state index in [0.717, 1.165) is 0 Å². The van der Waals surface area contributed by atoms with Crippen molar-refractivity contribution in [2.24, 2.45) is 0 Å². The van der Waals surface area contributed by atoms with Gasteiger partial charge in [-0.15, -0.1) is 0 Å². The van der Waals surface area contributed by atoms with Crippen LogP contribution in [0.4, 0.5) is 0 Å². The molecule has 0 aliphatic carbocycles. The zero-order valence-corrected chi connectivity index (χ0v) is 10.4. The molecule has 0 amide bonds. The van der Waals surface area contributed by atoms with Crippen molar-refractivity contribution in [2.45, 2.75) is 24.6 Å². The van der Waals surface area contributed by atoms with Gasteiger partial charge in [0, 0.05) is 18.0 Å². The Bertz CT molecular complexity index is 604. The SMILES string of the molecule is CC(NS(=O)(=O)c1[nH]ncc1CO)c1ncc[nH]1. The van der Waals surface area contributed by atoms with Crippen molar-refractivity contribution < 1.29 is 13.5 Å². The Balaban J connectivity index is 2.23. The van der Waals surface area contributed by atoms with Gasteiger partial charge in [0.25, 0.3) is 10.0 Å². The summed E-state index contributed by atoms with van der Waals surface area (Å²) in [5.41, 5.74) is 0.217. The molecule has 1 unspecified atom stereocenters. The van der Waals surface area contributed by atoms with Crippen molar-refractivity contribution in [3.05, 3.63) is 30.0 Å². The Hall–Kier alpha value is -1.71. The lowest BCUT2D eigenvalue weighted by molar-refractivity contribution is 0.278. The summed E-state index contributed by atoms with van der Waals surface area (Å²) in [4.78, 5) is 6.79. The van der Waals surface area contributed by atoms with E-state index < -0.39 is 22.7 Å². The summed E-state index contributed by atoms with van der Waals surface area (Å²) in [6, 6.07) is -0.514. The van der Waals surface area contributed by atoms with E-state index in [2.05, 4.69) is 24.9 Å². The Morgan fingerprint density at radius 2 is 2.33 bits per heavy atom. The molecular formula is C9H13N5O3S. The summed E-state index contributed by atoms with van der Waals surface area (Å²) in [7, 11) is -3.77. The Morgan fingerprint density at radius 3 is 2.94 bits per heavy atom. The predicted molar refractivity (Wildman–Crippen MR) is 61.8 cm³/mol. The molecule has 9 heteroatoms. The summed E-state index contributed by atoms with van der Waals surface area (Å²) >= 11 is 0. The number of imidazole rings is 1. The normalized spacial score (nSPS) is 13.7. The van der Waals surface area contributed by atoms with E-state index in [0.29, 0.717) is 5.82 Å². The maximum absolute atomic E-state index is 12.0. The molecule has 4 N–H and O–H groups in total. The molecule has 0 bridgehead atoms. The molecule has 0 aromatic carbocycles. The van der Waals surface area contributed by atoms with Crippen molar-refractivity contribution >= 4 is 10.0 Å². The number of sulfonamides is 1. The van der Waals surface area contributed by atoms with Gasteiger partial charge in [-0.05, 0) is 6.92 Å². The van der Waals surface area contributed by atoms with Crippen LogP contribution >= 0.6 is 0 Å². The molecule has 2 aromatic rings. The number of hydrogen-bond acceptors (Lipinski definition) is 5. The van der Waals surface area contributed by atoms with E-state index >= 15 is 0 Å². The van der Waals surface area contributed by atoms with Crippen molar-refractivity contribution in [1.29, 1.82) is 0 Å². The van der Waals surface area contributed by atoms with E-state index in [1.54, 1.807) is 13.1 Å². The molecule has 1 atom stereocenters. The number of nitrogens with zero attached hydrogens (tertiary/aromatic N) is 2. The zero-order valence-electron chi connectivity index (χ0n) is 9.58. The second-order valence-corrected chi connectivity index (χ2v) is 5.35. The maximum atomic E-state index is 12.0. The standard InChI is InChI=1S/C9H13N5O3S/c1-6(8-10-2-3-11-8)14-18(16,17)9-7(5-15)4-12-13-9/h2-4,6,14-15H,5H2,1H3,(H,10,11)(H,12,13). The lowest BCUT2D eigenvalue weighted by Crippen LogP contribution is -2.28. The number of nitrogens with one attached hydrogen (secondary N) is 3. The van der Waals surface area contributed by atoms with Crippen LogP contribution in [0.5, 0.6) is 0 Å². The highest BCUT2D eigenvalue weighted by Gasteiger charge is 2.23. The van der Waals surface area contributed by atoms with E-state index in [4.69, 9.17) is 5.11 Å². The number of aromatic nitrogens is 4. The first kappa shape index (κ1) is 12.7. The van der Waals surface area contributed by atoms with Gasteiger partial charge in [0.1, 0.15) is 5.82 Å². The summed E-state index contributed by atoms with van der Waals surface area (Å²) < 4.78 is 26.5. The van der Waals surface area contributed by atoms with Gasteiger partial charge in [0.2, 0.25) is 0 Å². The maximum Gasteiger partial charge on any atom is 0.258 e. The largest absolute Gasteiger partial charge is 0.392 e. The zero-order chi connectivity index (χ0) is 13.2. The number of rotatable bonds is 5. The van der Waals surface area contributed by atoms with Crippen molar-refractivity contribution in [3.8, 4) is 0 Å². The molecule has 98 valence electrons. The number of hydrogen-bond donors (Lipinski definition) is 4. The van der Waals surface area contributed by atoms with Crippen molar-refractivity contribution in [1.82, 2.24) is 24.9 Å². The highest BCUT2D eigenvalue weighted by molar-refractivity contribution is 7.89. The minimum absolute atomic E-state index is 0.136. The molecule has 2 aromatic heterocycles. The third-order valence-electron chi connectivity index (χ3n) is 2.38. The monoisotopic (exact) mass is 271 g/mol. The molecule has 2 rings (SSSR count). The Labute approximate surface area is 104 Å². The van der Waals surface area contributed by atoms with Crippen LogP contribution in [0.1, 0.15) is 24.4 Å². The molecular weight excluding hydrogens is 258 g/mol. The molecule has 0 saturated heterocycles. The number of aliphatic hydroxyl groups is 1. The van der Waals surface area contributed by atoms with Crippen LogP contribution in [0.25, 0.3) is 0 Å². The van der Waals surface area contributed by atoms with Crippen LogP contribution in [-0.2, 0) is 16.6 Å². The molecule has 0 saturated carbocycles. The lowest BCUT2D eigenvalue weighted by atomic mass is 10.3. The van der Waals surface area contributed by atoms with Crippen LogP contribution < -0.4 is 4.72 Å². The van der Waals surface area contributed by atoms with Crippen LogP contribution in [-0.4, -0.2) is 33.7 Å². The first-order valence-corrected chi connectivity index (χ1v) is 6.67. The molecule has 8 nitrogen and oxygen atoms in total. The first-order chi connectivity index (χ1) is 8.54. The molecule has 18 heavy (non-hydrogen) atoms. The van der Waals surface area contributed by atoms with E-state index in [1.807, 2.05) is 0 Å². The third kappa shape index (κ3) is 2.42. The molecule has 0 fully saturated rings. The molecule has 0 spiro atoms. The highest BCUT2D eigenvalue weighted by Crippen LogP contribution is 2.15. The summed E-state index contributed by atoms with van der Waals surface area (Å²) in [6.45, 7) is 1.26. The molecule has 0 aliphatic rings. The van der Waals surface area contributed by atoms with Crippen molar-refractivity contribution in [2.75, 3.05) is 0 Å². The Morgan fingerprint density at radius 1 is 1.56 bits per heavy atom. The van der Waals surface area contributed by atoms with E-state index in [-0.39, 0.29) is 10.6 Å². The van der Waals surface area contributed by atoms with Crippen LogP contribution in [0, 0.1) is 0 Å². The fraction of sp³-hybridized carbons (Fsp3) is 0.333. The second-order valence-electron chi connectivity index (χ2n) is 3.70. The van der Waals surface area contributed by atoms with Crippen LogP contribution in [0.2, 0.25) is 0 Å². The van der Waals surface area contributed by atoms with Gasteiger partial charge in [-0.1, -0.05) is 0 Å². The van der Waals surface area contributed by atoms with Gasteiger partial charge in [-0.3, -0.25) is 5.10 Å². The van der Waals surface area contributed by atoms with Crippen LogP contribution in [0.3, 0.4) is 0 Å². The van der Waals surface area contributed by atoms with Gasteiger partial charge in [-0.25, -0.2) is 13.4 Å². The van der Waals surface area contributed by atoms with Gasteiger partial charge in [0.15, 0.2) is 5.03 Å². The van der Waals surface area contributed by atoms with Gasteiger partial charge >= 0.3 is 0 Å². The van der Waals surface area contributed by atoms with Crippen LogP contribution in [0.15, 0.2) is 23.6 Å². The molecule has 2 heterocycles. The number of aromatic amines is 2. The minimum Gasteiger partial charge on any atom is -0.392 e. The van der Waals surface area contributed by atoms with Crippen molar-refractivity contribution in [3.63, 3.8) is 0 Å². The smallest absolute Gasteiger partial charge is 0.258 e. The quantitative estimate of drug-likeness (QED) is 0.592. The fourth-order valence-corrected chi connectivity index (χ4v) is 2.84. The summed E-state index contributed by atoms with van der Waals surface area (Å²) in [5, 5.41) is 14.8. The average molecular weight is 271 g/mol. The first-order valence-electron chi connectivity index (χ1n) is 5.19.